The smallest absolute Gasteiger partial charge is 0.261 e. The fraction of sp³-hybridized carbons (Fsp3) is 0.462. The SMILES string of the molecule is CC(C)Oc1cc2c(cc1NC(=O)c1cnn3cccnc13)CN(C1CCN(CC3CCN(c4ccc(C5CCC(=O)NC5=O)nc4)CC3)CC1)C2=O. The lowest BCUT2D eigenvalue weighted by atomic mass is 9.93. The summed E-state index contributed by atoms with van der Waals surface area (Å²) in [6.45, 7) is 9.22. The van der Waals surface area contributed by atoms with Crippen LogP contribution in [-0.4, -0.2) is 97.9 Å². The van der Waals surface area contributed by atoms with Gasteiger partial charge in [0.2, 0.25) is 11.8 Å². The fourth-order valence-corrected chi connectivity index (χ4v) is 8.20. The lowest BCUT2D eigenvalue weighted by Crippen LogP contribution is -2.47. The molecule has 14 heteroatoms. The van der Waals surface area contributed by atoms with Crippen molar-refractivity contribution in [2.24, 2.45) is 5.92 Å². The number of benzene rings is 1. The Labute approximate surface area is 307 Å². The minimum absolute atomic E-state index is 0.0174. The van der Waals surface area contributed by atoms with Crippen LogP contribution in [0, 0.1) is 5.92 Å². The number of fused-ring (bicyclic) bond motifs is 2. The summed E-state index contributed by atoms with van der Waals surface area (Å²) in [7, 11) is 0. The topological polar surface area (TPSA) is 154 Å². The number of anilines is 2. The number of nitrogens with zero attached hydrogens (tertiary/aromatic N) is 7. The van der Waals surface area contributed by atoms with Crippen LogP contribution in [0.2, 0.25) is 0 Å². The van der Waals surface area contributed by atoms with Gasteiger partial charge in [0.15, 0.2) is 5.65 Å². The highest BCUT2D eigenvalue weighted by Gasteiger charge is 2.36. The van der Waals surface area contributed by atoms with E-state index in [0.29, 0.717) is 59.2 Å². The van der Waals surface area contributed by atoms with Crippen LogP contribution < -0.4 is 20.3 Å². The molecule has 14 nitrogen and oxygen atoms in total. The van der Waals surface area contributed by atoms with E-state index in [1.54, 1.807) is 29.0 Å². The van der Waals surface area contributed by atoms with Crippen molar-refractivity contribution in [2.75, 3.05) is 42.9 Å². The molecule has 8 rings (SSSR count). The second-order valence-electron chi connectivity index (χ2n) is 14.9. The lowest BCUT2D eigenvalue weighted by molar-refractivity contribution is -0.134. The number of nitrogens with one attached hydrogen (secondary N) is 2. The third-order valence-corrected chi connectivity index (χ3v) is 11.0. The first-order valence-corrected chi connectivity index (χ1v) is 18.7. The monoisotopic (exact) mass is 719 g/mol. The first kappa shape index (κ1) is 34.7. The second-order valence-corrected chi connectivity index (χ2v) is 14.9. The van der Waals surface area contributed by atoms with Crippen molar-refractivity contribution in [3.63, 3.8) is 0 Å². The van der Waals surface area contributed by atoms with Crippen LogP contribution in [0.3, 0.4) is 0 Å². The largest absolute Gasteiger partial charge is 0.489 e. The lowest BCUT2D eigenvalue weighted by Gasteiger charge is -2.40. The number of ether oxygens (including phenoxy) is 1. The van der Waals surface area contributed by atoms with Crippen LogP contribution in [0.1, 0.15) is 90.3 Å². The van der Waals surface area contributed by atoms with E-state index in [1.807, 2.05) is 43.1 Å². The third-order valence-electron chi connectivity index (χ3n) is 11.0. The maximum absolute atomic E-state index is 13.8. The Bertz CT molecular complexity index is 2030. The average molecular weight is 720 g/mol. The average Bonchev–Trinajstić information content (AvgIpc) is 3.73. The van der Waals surface area contributed by atoms with Crippen LogP contribution in [0.15, 0.2) is 55.1 Å². The van der Waals surface area contributed by atoms with Gasteiger partial charge in [0.05, 0.1) is 41.5 Å². The number of piperidine rings is 3. The molecule has 2 N–H and O–H groups in total. The molecule has 3 aromatic heterocycles. The van der Waals surface area contributed by atoms with Crippen molar-refractivity contribution in [1.82, 2.24) is 34.7 Å². The molecular weight excluding hydrogens is 674 g/mol. The number of likely N-dealkylation sites (tertiary alicyclic amines) is 1. The highest BCUT2D eigenvalue weighted by atomic mass is 16.5. The van der Waals surface area contributed by atoms with Crippen LogP contribution in [-0.2, 0) is 16.1 Å². The molecule has 4 aromatic rings. The van der Waals surface area contributed by atoms with Crippen molar-refractivity contribution in [3.8, 4) is 5.75 Å². The zero-order valence-electron chi connectivity index (χ0n) is 30.2. The Kier molecular flexibility index (Phi) is 9.54. The summed E-state index contributed by atoms with van der Waals surface area (Å²) < 4.78 is 7.66. The molecule has 1 unspecified atom stereocenters. The van der Waals surface area contributed by atoms with Gasteiger partial charge < -0.3 is 24.8 Å². The minimum Gasteiger partial charge on any atom is -0.489 e. The first-order valence-electron chi connectivity index (χ1n) is 18.7. The van der Waals surface area contributed by atoms with E-state index >= 15 is 0 Å². The Balaban J connectivity index is 0.842. The van der Waals surface area contributed by atoms with Gasteiger partial charge in [0, 0.05) is 69.7 Å². The van der Waals surface area contributed by atoms with E-state index in [-0.39, 0.29) is 41.7 Å². The van der Waals surface area contributed by atoms with Gasteiger partial charge >= 0.3 is 0 Å². The number of amides is 4. The van der Waals surface area contributed by atoms with Gasteiger partial charge in [0.1, 0.15) is 11.3 Å². The highest BCUT2D eigenvalue weighted by Crippen LogP contribution is 2.37. The minimum atomic E-state index is -0.367. The van der Waals surface area contributed by atoms with E-state index in [9.17, 15) is 19.2 Å². The number of aromatic nitrogens is 4. The van der Waals surface area contributed by atoms with Crippen LogP contribution >= 0.6 is 0 Å². The maximum atomic E-state index is 13.8. The summed E-state index contributed by atoms with van der Waals surface area (Å²) in [4.78, 5) is 66.7. The molecule has 0 aliphatic carbocycles. The van der Waals surface area contributed by atoms with E-state index in [4.69, 9.17) is 4.74 Å². The molecule has 4 aliphatic rings. The van der Waals surface area contributed by atoms with E-state index in [1.165, 1.54) is 6.20 Å². The molecule has 4 amide bonds. The normalized spacial score (nSPS) is 20.3. The van der Waals surface area contributed by atoms with Crippen LogP contribution in [0.25, 0.3) is 5.65 Å². The zero-order chi connectivity index (χ0) is 36.6. The fourth-order valence-electron chi connectivity index (χ4n) is 8.20. The number of pyridine rings is 1. The number of imide groups is 1. The predicted molar refractivity (Wildman–Crippen MR) is 197 cm³/mol. The van der Waals surface area contributed by atoms with Crippen molar-refractivity contribution in [3.05, 3.63) is 77.5 Å². The Morgan fingerprint density at radius 1 is 1.00 bits per heavy atom. The van der Waals surface area contributed by atoms with Gasteiger partial charge in [-0.25, -0.2) is 9.50 Å². The van der Waals surface area contributed by atoms with Crippen LogP contribution in [0.4, 0.5) is 11.4 Å². The number of hydrogen-bond acceptors (Lipinski definition) is 10. The Hall–Kier alpha value is -5.37. The van der Waals surface area contributed by atoms with Crippen molar-refractivity contribution >= 4 is 40.7 Å². The van der Waals surface area contributed by atoms with Gasteiger partial charge in [-0.3, -0.25) is 29.5 Å². The summed E-state index contributed by atoms with van der Waals surface area (Å²) in [5.41, 5.74) is 4.64. The summed E-state index contributed by atoms with van der Waals surface area (Å²) in [5, 5.41) is 9.66. The molecule has 3 saturated heterocycles. The van der Waals surface area contributed by atoms with Crippen molar-refractivity contribution in [2.45, 2.75) is 77.0 Å². The molecule has 3 fully saturated rings. The van der Waals surface area contributed by atoms with E-state index < -0.39 is 0 Å². The highest BCUT2D eigenvalue weighted by molar-refractivity contribution is 6.09. The Morgan fingerprint density at radius 2 is 1.81 bits per heavy atom. The molecule has 7 heterocycles. The van der Waals surface area contributed by atoms with Crippen molar-refractivity contribution < 1.29 is 23.9 Å². The molecule has 276 valence electrons. The van der Waals surface area contributed by atoms with Gasteiger partial charge in [-0.2, -0.15) is 5.10 Å². The molecule has 0 bridgehead atoms. The summed E-state index contributed by atoms with van der Waals surface area (Å²) in [6, 6.07) is 9.54. The number of carbonyl (C=O) groups is 4. The number of carbonyl (C=O) groups excluding carboxylic acids is 4. The molecule has 1 atom stereocenters. The summed E-state index contributed by atoms with van der Waals surface area (Å²) in [5.74, 6) is -0.0900. The quantitative estimate of drug-likeness (QED) is 0.243. The maximum Gasteiger partial charge on any atom is 0.261 e. The first-order chi connectivity index (χ1) is 25.7. The Morgan fingerprint density at radius 3 is 2.55 bits per heavy atom. The van der Waals surface area contributed by atoms with Gasteiger partial charge in [-0.05, 0) is 87.8 Å². The van der Waals surface area contributed by atoms with Gasteiger partial charge in [-0.15, -0.1) is 0 Å². The number of rotatable bonds is 9. The molecule has 0 radical (unpaired) electrons. The zero-order valence-corrected chi connectivity index (χ0v) is 30.2. The number of hydrogen-bond donors (Lipinski definition) is 2. The molecule has 1 aromatic carbocycles. The van der Waals surface area contributed by atoms with Gasteiger partial charge in [0.25, 0.3) is 11.8 Å². The molecular formula is C39H45N9O5. The standard InChI is InChI=1S/C39H45N9O5/c1-24(2)53-34-19-30-26(18-33(34)43-38(51)31-21-42-48-13-3-12-40-36(31)48)23-47(39(30)52)27-10-14-45(15-11-27)22-25-8-16-46(17-9-25)28-4-6-32(41-20-28)29-5-7-35(49)44-37(29)50/h3-4,6,12-13,18-21,24-25,27,29H,5,7-11,14-17,22-23H2,1-2H3,(H,43,51)(H,44,49,50). The second kappa shape index (κ2) is 14.6. The molecule has 0 saturated carbocycles. The predicted octanol–water partition coefficient (Wildman–Crippen LogP) is 4.02. The molecule has 0 spiro atoms. The third kappa shape index (κ3) is 7.19. The van der Waals surface area contributed by atoms with Crippen molar-refractivity contribution in [1.29, 1.82) is 0 Å². The summed E-state index contributed by atoms with van der Waals surface area (Å²) in [6.07, 6.45) is 11.5. The van der Waals surface area contributed by atoms with E-state index in [2.05, 4.69) is 35.5 Å². The summed E-state index contributed by atoms with van der Waals surface area (Å²) >= 11 is 0. The van der Waals surface area contributed by atoms with Gasteiger partial charge in [-0.1, -0.05) is 0 Å². The van der Waals surface area contributed by atoms with Crippen LogP contribution in [0.5, 0.6) is 5.75 Å². The molecule has 4 aliphatic heterocycles. The molecule has 53 heavy (non-hydrogen) atoms. The van der Waals surface area contributed by atoms with E-state index in [0.717, 1.165) is 69.7 Å².